The monoisotopic (exact) mass is 247 g/mol. The van der Waals surface area contributed by atoms with Gasteiger partial charge >= 0.3 is 0 Å². The van der Waals surface area contributed by atoms with E-state index >= 15 is 0 Å². The molecule has 1 aromatic rings. The summed E-state index contributed by atoms with van der Waals surface area (Å²) in [7, 11) is 0. The average Bonchev–Trinajstić information content (AvgIpc) is 2.41. The van der Waals surface area contributed by atoms with Gasteiger partial charge in [-0.05, 0) is 62.7 Å². The second kappa shape index (κ2) is 6.91. The predicted octanol–water partition coefficient (Wildman–Crippen LogP) is 2.63. The molecule has 1 aliphatic rings. The highest BCUT2D eigenvalue weighted by Crippen LogP contribution is 2.16. The molecule has 0 aliphatic carbocycles. The van der Waals surface area contributed by atoms with Crippen molar-refractivity contribution < 1.29 is 5.11 Å². The van der Waals surface area contributed by atoms with Gasteiger partial charge in [0.15, 0.2) is 0 Å². The highest BCUT2D eigenvalue weighted by Gasteiger charge is 2.18. The molecular weight excluding hydrogens is 222 g/mol. The van der Waals surface area contributed by atoms with Crippen LogP contribution in [0.3, 0.4) is 0 Å². The molecule has 1 unspecified atom stereocenters. The smallest absolute Gasteiger partial charge is 0.0471 e. The fourth-order valence-corrected chi connectivity index (χ4v) is 2.89. The van der Waals surface area contributed by atoms with E-state index in [1.54, 1.807) is 0 Å². The Labute approximate surface area is 111 Å². The first kappa shape index (κ1) is 13.6. The number of nitrogens with zero attached hydrogens (tertiary/aromatic N) is 1. The minimum Gasteiger partial charge on any atom is -0.396 e. The minimum atomic E-state index is 0.355. The maximum absolute atomic E-state index is 9.22. The molecule has 2 rings (SSSR count). The first-order chi connectivity index (χ1) is 8.79. The molecule has 1 aromatic carbocycles. The summed E-state index contributed by atoms with van der Waals surface area (Å²) in [5.74, 6) is 0.511. The molecule has 100 valence electrons. The van der Waals surface area contributed by atoms with Crippen molar-refractivity contribution in [2.45, 2.75) is 32.6 Å². The van der Waals surface area contributed by atoms with Crippen LogP contribution in [0.2, 0.25) is 0 Å². The first-order valence-electron chi connectivity index (χ1n) is 7.17. The van der Waals surface area contributed by atoms with Crippen molar-refractivity contribution in [1.29, 1.82) is 0 Å². The van der Waals surface area contributed by atoms with Gasteiger partial charge in [0.1, 0.15) is 0 Å². The topological polar surface area (TPSA) is 23.5 Å². The van der Waals surface area contributed by atoms with E-state index in [9.17, 15) is 5.11 Å². The third kappa shape index (κ3) is 3.82. The van der Waals surface area contributed by atoms with Crippen LogP contribution in [0, 0.1) is 12.8 Å². The molecule has 1 atom stereocenters. The lowest BCUT2D eigenvalue weighted by molar-refractivity contribution is 0.120. The van der Waals surface area contributed by atoms with E-state index < -0.39 is 0 Å². The second-order valence-corrected chi connectivity index (χ2v) is 5.52. The molecular formula is C16H25NO. The van der Waals surface area contributed by atoms with Gasteiger partial charge in [-0.25, -0.2) is 0 Å². The molecule has 2 nitrogen and oxygen atoms in total. The summed E-state index contributed by atoms with van der Waals surface area (Å²) in [5.41, 5.74) is 2.89. The van der Waals surface area contributed by atoms with Crippen molar-refractivity contribution in [1.82, 2.24) is 4.90 Å². The predicted molar refractivity (Wildman–Crippen MR) is 75.7 cm³/mol. The Bertz CT molecular complexity index is 364. The van der Waals surface area contributed by atoms with Gasteiger partial charge in [0.2, 0.25) is 0 Å². The lowest BCUT2D eigenvalue weighted by Crippen LogP contribution is -2.37. The molecule has 0 aromatic heterocycles. The fraction of sp³-hybridized carbons (Fsp3) is 0.625. The summed E-state index contributed by atoms with van der Waals surface area (Å²) >= 11 is 0. The van der Waals surface area contributed by atoms with Crippen molar-refractivity contribution in [2.24, 2.45) is 5.92 Å². The molecule has 0 radical (unpaired) electrons. The molecule has 18 heavy (non-hydrogen) atoms. The van der Waals surface area contributed by atoms with Crippen LogP contribution >= 0.6 is 0 Å². The van der Waals surface area contributed by atoms with E-state index in [2.05, 4.69) is 36.1 Å². The quantitative estimate of drug-likeness (QED) is 0.864. The van der Waals surface area contributed by atoms with Gasteiger partial charge in [-0.3, -0.25) is 0 Å². The number of aliphatic hydroxyl groups is 1. The van der Waals surface area contributed by atoms with Gasteiger partial charge in [0, 0.05) is 13.2 Å². The number of aliphatic hydroxyl groups excluding tert-OH is 1. The Morgan fingerprint density at radius 3 is 2.94 bits per heavy atom. The SMILES string of the molecule is Cc1ccccc1CCCN1CCCC(CO)C1. The van der Waals surface area contributed by atoms with Gasteiger partial charge in [0.05, 0.1) is 0 Å². The van der Waals surface area contributed by atoms with Crippen molar-refractivity contribution >= 4 is 0 Å². The van der Waals surface area contributed by atoms with Crippen LogP contribution < -0.4 is 0 Å². The van der Waals surface area contributed by atoms with Crippen LogP contribution in [0.5, 0.6) is 0 Å². The van der Waals surface area contributed by atoms with Gasteiger partial charge < -0.3 is 10.0 Å². The molecule has 0 amide bonds. The number of hydrogen-bond acceptors (Lipinski definition) is 2. The summed E-state index contributed by atoms with van der Waals surface area (Å²) in [6.45, 7) is 6.02. The van der Waals surface area contributed by atoms with Crippen molar-refractivity contribution in [3.05, 3.63) is 35.4 Å². The third-order valence-corrected chi connectivity index (χ3v) is 4.04. The summed E-state index contributed by atoms with van der Waals surface area (Å²) in [6, 6.07) is 8.67. The first-order valence-corrected chi connectivity index (χ1v) is 7.17. The number of aryl methyl sites for hydroxylation is 2. The van der Waals surface area contributed by atoms with Crippen molar-refractivity contribution in [2.75, 3.05) is 26.2 Å². The third-order valence-electron chi connectivity index (χ3n) is 4.04. The van der Waals surface area contributed by atoms with E-state index in [1.165, 1.54) is 49.9 Å². The number of piperidine rings is 1. The van der Waals surface area contributed by atoms with E-state index in [-0.39, 0.29) is 0 Å². The minimum absolute atomic E-state index is 0.355. The van der Waals surface area contributed by atoms with Crippen LogP contribution in [-0.4, -0.2) is 36.2 Å². The summed E-state index contributed by atoms with van der Waals surface area (Å²) in [4.78, 5) is 2.52. The fourth-order valence-electron chi connectivity index (χ4n) is 2.89. The Morgan fingerprint density at radius 2 is 2.17 bits per heavy atom. The lowest BCUT2D eigenvalue weighted by atomic mass is 9.98. The van der Waals surface area contributed by atoms with Gasteiger partial charge in [-0.1, -0.05) is 24.3 Å². The van der Waals surface area contributed by atoms with Gasteiger partial charge in [-0.2, -0.15) is 0 Å². The molecule has 1 N–H and O–H groups in total. The van der Waals surface area contributed by atoms with Crippen LogP contribution in [0.15, 0.2) is 24.3 Å². The molecule has 0 saturated carbocycles. The van der Waals surface area contributed by atoms with Crippen molar-refractivity contribution in [3.63, 3.8) is 0 Å². The van der Waals surface area contributed by atoms with E-state index in [0.717, 1.165) is 6.54 Å². The normalized spacial score (nSPS) is 21.1. The van der Waals surface area contributed by atoms with E-state index in [1.807, 2.05) is 0 Å². The van der Waals surface area contributed by atoms with E-state index in [0.29, 0.717) is 12.5 Å². The molecule has 1 aliphatic heterocycles. The Hall–Kier alpha value is -0.860. The highest BCUT2D eigenvalue weighted by molar-refractivity contribution is 5.25. The molecule has 1 saturated heterocycles. The molecule has 2 heteroatoms. The maximum atomic E-state index is 9.22. The largest absolute Gasteiger partial charge is 0.396 e. The van der Waals surface area contributed by atoms with Crippen LogP contribution in [0.1, 0.15) is 30.4 Å². The summed E-state index contributed by atoms with van der Waals surface area (Å²) in [5, 5.41) is 9.22. The number of likely N-dealkylation sites (tertiary alicyclic amines) is 1. The maximum Gasteiger partial charge on any atom is 0.0471 e. The lowest BCUT2D eigenvalue weighted by Gasteiger charge is -2.31. The zero-order chi connectivity index (χ0) is 12.8. The Morgan fingerprint density at radius 1 is 1.33 bits per heavy atom. The Balaban J connectivity index is 1.73. The zero-order valence-corrected chi connectivity index (χ0v) is 11.4. The van der Waals surface area contributed by atoms with E-state index in [4.69, 9.17) is 0 Å². The van der Waals surface area contributed by atoms with Gasteiger partial charge in [-0.15, -0.1) is 0 Å². The van der Waals surface area contributed by atoms with Gasteiger partial charge in [0.25, 0.3) is 0 Å². The van der Waals surface area contributed by atoms with Crippen molar-refractivity contribution in [3.8, 4) is 0 Å². The number of benzene rings is 1. The number of hydrogen-bond donors (Lipinski definition) is 1. The van der Waals surface area contributed by atoms with Crippen LogP contribution in [-0.2, 0) is 6.42 Å². The van der Waals surface area contributed by atoms with Crippen LogP contribution in [0.4, 0.5) is 0 Å². The standard InChI is InChI=1S/C16H25NO/c1-14-6-2-3-8-16(14)9-5-11-17-10-4-7-15(12-17)13-18/h2-3,6,8,15,18H,4-5,7,9-13H2,1H3. The van der Waals surface area contributed by atoms with Crippen LogP contribution in [0.25, 0.3) is 0 Å². The molecule has 1 fully saturated rings. The molecule has 1 heterocycles. The number of rotatable bonds is 5. The molecule has 0 bridgehead atoms. The zero-order valence-electron chi connectivity index (χ0n) is 11.4. The second-order valence-electron chi connectivity index (χ2n) is 5.52. The summed E-state index contributed by atoms with van der Waals surface area (Å²) < 4.78 is 0. The highest BCUT2D eigenvalue weighted by atomic mass is 16.3. The molecule has 0 spiro atoms. The average molecular weight is 247 g/mol. The summed E-state index contributed by atoms with van der Waals surface area (Å²) in [6.07, 6.45) is 4.84. The Kier molecular flexibility index (Phi) is 5.21.